The number of hydrogen-bond acceptors (Lipinski definition) is 6. The molecule has 1 atom stereocenters. The van der Waals surface area contributed by atoms with E-state index in [1.807, 2.05) is 18.2 Å². The van der Waals surface area contributed by atoms with Crippen LogP contribution in [0.5, 0.6) is 0 Å². The standard InChI is InChI=1S/C25H29N5O6/c1-15(2)13-16-7-5-9-17-22(16)36-21(27-17)14-30-12-6-10-19(24(30)33)28-23(32)18(29-25(34)35)8-3-4-11-20(26)31/h4-7,9-12,15,18,29H,3,8,13-14H2,1-2H3,(H2,26,31)(H,28,32)(H,34,35). The minimum Gasteiger partial charge on any atom is -0.465 e. The smallest absolute Gasteiger partial charge is 0.405 e. The van der Waals surface area contributed by atoms with E-state index in [-0.39, 0.29) is 25.1 Å². The van der Waals surface area contributed by atoms with Crippen molar-refractivity contribution in [2.24, 2.45) is 11.7 Å². The van der Waals surface area contributed by atoms with Crippen molar-refractivity contribution in [2.45, 2.75) is 45.7 Å². The van der Waals surface area contributed by atoms with Crippen molar-refractivity contribution in [3.8, 4) is 0 Å². The number of nitrogens with two attached hydrogens (primary N) is 1. The van der Waals surface area contributed by atoms with Gasteiger partial charge in [-0.2, -0.15) is 0 Å². The van der Waals surface area contributed by atoms with Crippen molar-refractivity contribution >= 4 is 34.7 Å². The lowest BCUT2D eigenvalue weighted by molar-refractivity contribution is -0.118. The Morgan fingerprint density at radius 2 is 2.00 bits per heavy atom. The molecule has 11 nitrogen and oxygen atoms in total. The zero-order valence-corrected chi connectivity index (χ0v) is 20.1. The van der Waals surface area contributed by atoms with Crippen molar-refractivity contribution < 1.29 is 23.9 Å². The summed E-state index contributed by atoms with van der Waals surface area (Å²) in [6.07, 6.45) is 3.83. The summed E-state index contributed by atoms with van der Waals surface area (Å²) in [6.45, 7) is 4.28. The zero-order valence-electron chi connectivity index (χ0n) is 20.1. The second kappa shape index (κ2) is 11.8. The molecule has 0 fully saturated rings. The molecule has 3 rings (SSSR count). The number of carboxylic acid groups (broad SMARTS) is 1. The SMILES string of the molecule is CC(C)Cc1cccc2nc(Cn3cccc(NC(=O)C(CCC=CC(N)=O)NC(=O)O)c3=O)oc12. The molecule has 0 aliphatic rings. The normalized spacial score (nSPS) is 12.2. The van der Waals surface area contributed by atoms with Crippen molar-refractivity contribution in [2.75, 3.05) is 5.32 Å². The Morgan fingerprint density at radius 3 is 2.69 bits per heavy atom. The molecule has 0 radical (unpaired) electrons. The van der Waals surface area contributed by atoms with Gasteiger partial charge < -0.3 is 30.5 Å². The lowest BCUT2D eigenvalue weighted by Gasteiger charge is -2.16. The van der Waals surface area contributed by atoms with Crippen molar-refractivity contribution in [3.05, 3.63) is 70.5 Å². The summed E-state index contributed by atoms with van der Waals surface area (Å²) >= 11 is 0. The third-order valence-electron chi connectivity index (χ3n) is 5.27. The summed E-state index contributed by atoms with van der Waals surface area (Å²) in [7, 11) is 0. The van der Waals surface area contributed by atoms with E-state index in [0.717, 1.165) is 18.1 Å². The number of rotatable bonds is 11. The number of amides is 3. The molecule has 1 unspecified atom stereocenters. The number of hydrogen-bond donors (Lipinski definition) is 4. The molecule has 1 aromatic carbocycles. The van der Waals surface area contributed by atoms with Crippen molar-refractivity contribution in [1.29, 1.82) is 0 Å². The van der Waals surface area contributed by atoms with Gasteiger partial charge in [0.2, 0.25) is 17.7 Å². The van der Waals surface area contributed by atoms with Crippen LogP contribution in [0, 0.1) is 5.92 Å². The fraction of sp³-hybridized carbons (Fsp3) is 0.320. The van der Waals surface area contributed by atoms with E-state index in [4.69, 9.17) is 15.3 Å². The number of aromatic nitrogens is 2. The molecule has 3 aromatic rings. The first-order valence-electron chi connectivity index (χ1n) is 11.5. The highest BCUT2D eigenvalue weighted by Crippen LogP contribution is 2.23. The molecule has 5 N–H and O–H groups in total. The molecule has 2 heterocycles. The highest BCUT2D eigenvalue weighted by molar-refractivity contribution is 5.96. The summed E-state index contributed by atoms with van der Waals surface area (Å²) in [5.74, 6) is -0.578. The van der Waals surface area contributed by atoms with Crippen LogP contribution in [0.3, 0.4) is 0 Å². The summed E-state index contributed by atoms with van der Waals surface area (Å²) in [6, 6.07) is 7.61. The minimum atomic E-state index is -1.40. The molecule has 190 valence electrons. The van der Waals surface area contributed by atoms with Crippen LogP contribution in [0.4, 0.5) is 10.5 Å². The number of allylic oxidation sites excluding steroid dienone is 1. The van der Waals surface area contributed by atoms with Gasteiger partial charge in [0.15, 0.2) is 5.58 Å². The van der Waals surface area contributed by atoms with Crippen LogP contribution in [0.2, 0.25) is 0 Å². The first-order chi connectivity index (χ1) is 17.1. The van der Waals surface area contributed by atoms with Gasteiger partial charge in [0.05, 0.1) is 0 Å². The number of anilines is 1. The molecule has 2 aromatic heterocycles. The summed E-state index contributed by atoms with van der Waals surface area (Å²) in [4.78, 5) is 52.1. The van der Waals surface area contributed by atoms with E-state index in [2.05, 4.69) is 29.5 Å². The number of benzene rings is 1. The van der Waals surface area contributed by atoms with Crippen LogP contribution < -0.4 is 21.9 Å². The molecule has 0 aliphatic carbocycles. The molecule has 3 amide bonds. The fourth-order valence-corrected chi connectivity index (χ4v) is 3.72. The molecular formula is C25H29N5O6. The van der Waals surface area contributed by atoms with Gasteiger partial charge >= 0.3 is 6.09 Å². The number of primary amides is 1. The van der Waals surface area contributed by atoms with E-state index in [1.165, 1.54) is 16.7 Å². The number of para-hydroxylation sites is 1. The van der Waals surface area contributed by atoms with Crippen LogP contribution in [-0.4, -0.2) is 38.6 Å². The lowest BCUT2D eigenvalue weighted by atomic mass is 10.0. The van der Waals surface area contributed by atoms with Gasteiger partial charge in [-0.1, -0.05) is 32.1 Å². The molecule has 0 aliphatic heterocycles. The van der Waals surface area contributed by atoms with E-state index in [0.29, 0.717) is 22.9 Å². The summed E-state index contributed by atoms with van der Waals surface area (Å²) in [5, 5.41) is 13.7. The minimum absolute atomic E-state index is 0.0241. The maximum Gasteiger partial charge on any atom is 0.405 e. The second-order valence-corrected chi connectivity index (χ2v) is 8.70. The number of nitrogens with one attached hydrogen (secondary N) is 2. The lowest BCUT2D eigenvalue weighted by Crippen LogP contribution is -2.44. The Bertz CT molecular complexity index is 1340. The van der Waals surface area contributed by atoms with E-state index >= 15 is 0 Å². The molecule has 0 spiro atoms. The largest absolute Gasteiger partial charge is 0.465 e. The Kier molecular flexibility index (Phi) is 8.61. The van der Waals surface area contributed by atoms with E-state index in [1.54, 1.807) is 12.3 Å². The highest BCUT2D eigenvalue weighted by Gasteiger charge is 2.21. The predicted octanol–water partition coefficient (Wildman–Crippen LogP) is 2.63. The van der Waals surface area contributed by atoms with Crippen LogP contribution >= 0.6 is 0 Å². The molecule has 36 heavy (non-hydrogen) atoms. The molecule has 0 bridgehead atoms. The van der Waals surface area contributed by atoms with Gasteiger partial charge in [-0.05, 0) is 55.0 Å². The fourth-order valence-electron chi connectivity index (χ4n) is 3.72. The average molecular weight is 496 g/mol. The number of carbonyl (C=O) groups is 3. The number of carbonyl (C=O) groups excluding carboxylic acids is 2. The van der Waals surface area contributed by atoms with Crippen LogP contribution in [0.15, 0.2) is 57.9 Å². The predicted molar refractivity (Wildman–Crippen MR) is 134 cm³/mol. The van der Waals surface area contributed by atoms with Crippen LogP contribution in [-0.2, 0) is 22.6 Å². The number of oxazole rings is 1. The van der Waals surface area contributed by atoms with Gasteiger partial charge in [-0.25, -0.2) is 9.78 Å². The Balaban J connectivity index is 1.77. The van der Waals surface area contributed by atoms with Crippen LogP contribution in [0.1, 0.15) is 38.1 Å². The summed E-state index contributed by atoms with van der Waals surface area (Å²) < 4.78 is 7.31. The van der Waals surface area contributed by atoms with Crippen molar-refractivity contribution in [3.63, 3.8) is 0 Å². The molecule has 11 heteroatoms. The number of fused-ring (bicyclic) bond motifs is 1. The molecule has 0 saturated heterocycles. The average Bonchev–Trinajstić information content (AvgIpc) is 3.21. The van der Waals surface area contributed by atoms with Gasteiger partial charge in [-0.15, -0.1) is 0 Å². The second-order valence-electron chi connectivity index (χ2n) is 8.70. The van der Waals surface area contributed by atoms with Gasteiger partial charge in [-0.3, -0.25) is 14.4 Å². The molecular weight excluding hydrogens is 466 g/mol. The van der Waals surface area contributed by atoms with Gasteiger partial charge in [0, 0.05) is 6.20 Å². The maximum absolute atomic E-state index is 13.0. The Morgan fingerprint density at radius 1 is 1.22 bits per heavy atom. The first kappa shape index (κ1) is 26.2. The maximum atomic E-state index is 13.0. The third-order valence-corrected chi connectivity index (χ3v) is 5.27. The quantitative estimate of drug-likeness (QED) is 0.296. The Labute approximate surface area is 207 Å². The van der Waals surface area contributed by atoms with Crippen molar-refractivity contribution in [1.82, 2.24) is 14.9 Å². The number of pyridine rings is 1. The summed E-state index contributed by atoms with van der Waals surface area (Å²) in [5.41, 5.74) is 6.93. The van der Waals surface area contributed by atoms with E-state index < -0.39 is 29.5 Å². The highest BCUT2D eigenvalue weighted by atomic mass is 16.4. The molecule has 0 saturated carbocycles. The third kappa shape index (κ3) is 7.05. The van der Waals surface area contributed by atoms with Crippen LogP contribution in [0.25, 0.3) is 11.1 Å². The monoisotopic (exact) mass is 495 g/mol. The number of nitrogens with zero attached hydrogens (tertiary/aromatic N) is 2. The topological polar surface area (TPSA) is 170 Å². The van der Waals surface area contributed by atoms with Gasteiger partial charge in [0.1, 0.15) is 23.8 Å². The Hall–Kier alpha value is -4.41. The zero-order chi connectivity index (χ0) is 26.2. The van der Waals surface area contributed by atoms with E-state index in [9.17, 15) is 19.2 Å². The van der Waals surface area contributed by atoms with Gasteiger partial charge in [0.25, 0.3) is 5.56 Å². The first-order valence-corrected chi connectivity index (χ1v) is 11.5.